The molecule has 0 unspecified atom stereocenters. The summed E-state index contributed by atoms with van der Waals surface area (Å²) >= 11 is 4.11. The van der Waals surface area contributed by atoms with Gasteiger partial charge in [0.05, 0.1) is 22.0 Å². The van der Waals surface area contributed by atoms with E-state index in [1.165, 1.54) is 16.7 Å². The average molecular weight is 846 g/mol. The Morgan fingerprint density at radius 2 is 1.89 bits per heavy atom. The molecule has 0 saturated carbocycles. The van der Waals surface area contributed by atoms with Crippen LogP contribution in [0.25, 0.3) is 10.2 Å². The quantitative estimate of drug-likeness (QED) is 0.0713. The smallest absolute Gasteiger partial charge is 0.359 e. The number of anilines is 3. The molecule has 5 heterocycles. The highest BCUT2D eigenvalue weighted by atomic mass is 32.2. The van der Waals surface area contributed by atoms with Crippen molar-refractivity contribution in [2.75, 3.05) is 48.5 Å². The fourth-order valence-corrected chi connectivity index (χ4v) is 9.64. The van der Waals surface area contributed by atoms with E-state index >= 15 is 0 Å². The molecule has 1 atom stereocenters. The van der Waals surface area contributed by atoms with Crippen LogP contribution in [0.1, 0.15) is 38.4 Å². The van der Waals surface area contributed by atoms with Crippen LogP contribution in [0, 0.1) is 4.91 Å². The van der Waals surface area contributed by atoms with Crippen molar-refractivity contribution in [1.29, 1.82) is 0 Å². The highest BCUT2D eigenvalue weighted by molar-refractivity contribution is 7.99. The molecule has 6 aromatic rings. The van der Waals surface area contributed by atoms with E-state index in [1.807, 2.05) is 77.1 Å². The van der Waals surface area contributed by atoms with Crippen LogP contribution in [0.3, 0.4) is 0 Å². The number of nitrogens with zero attached hydrogens (tertiary/aromatic N) is 7. The minimum absolute atomic E-state index is 0.0163. The summed E-state index contributed by atoms with van der Waals surface area (Å²) in [5.41, 5.74) is 2.42. The third-order valence-electron chi connectivity index (χ3n) is 8.97. The number of carbonyl (C=O) groups excluding carboxylic acids is 2. The number of hydrogen-bond donors (Lipinski definition) is 4. The lowest BCUT2D eigenvalue weighted by atomic mass is 9.94. The topological polar surface area (TPSA) is 203 Å². The van der Waals surface area contributed by atoms with Gasteiger partial charge in [-0.05, 0) is 68.9 Å². The number of thioether (sulfide) groups is 1. The zero-order valence-electron chi connectivity index (χ0n) is 30.7. The number of pyridine rings is 2. The molecule has 0 bridgehead atoms. The first kappa shape index (κ1) is 39.7. The van der Waals surface area contributed by atoms with E-state index in [-0.39, 0.29) is 23.5 Å². The molecular weight excluding hydrogens is 809 g/mol. The van der Waals surface area contributed by atoms with Gasteiger partial charge >= 0.3 is 5.69 Å². The van der Waals surface area contributed by atoms with E-state index in [1.54, 1.807) is 30.2 Å². The Labute approximate surface area is 340 Å². The molecule has 0 spiro atoms. The molecule has 0 saturated heterocycles. The summed E-state index contributed by atoms with van der Waals surface area (Å²) in [4.78, 5) is 60.2. The first-order chi connectivity index (χ1) is 27.4. The summed E-state index contributed by atoms with van der Waals surface area (Å²) in [6.45, 7) is 1.60. The molecule has 4 aromatic heterocycles. The normalized spacial score (nSPS) is 13.3. The Morgan fingerprint density at radius 3 is 2.67 bits per heavy atom. The maximum atomic E-state index is 13.5. The second-order valence-corrected chi connectivity index (χ2v) is 17.9. The van der Waals surface area contributed by atoms with Gasteiger partial charge in [-0.15, -0.1) is 23.1 Å². The van der Waals surface area contributed by atoms with Gasteiger partial charge in [-0.3, -0.25) is 19.9 Å². The van der Waals surface area contributed by atoms with Gasteiger partial charge < -0.3 is 15.1 Å². The van der Waals surface area contributed by atoms with Crippen LogP contribution in [0.5, 0.6) is 0 Å². The van der Waals surface area contributed by atoms with Crippen molar-refractivity contribution in [1.82, 2.24) is 29.6 Å². The Bertz CT molecular complexity index is 2520. The minimum Gasteiger partial charge on any atom is -0.361 e. The molecular formula is C37H37N10O6S4+. The molecule has 2 amide bonds. The van der Waals surface area contributed by atoms with Gasteiger partial charge in [0, 0.05) is 53.0 Å². The lowest BCUT2D eigenvalue weighted by Gasteiger charge is -2.29. The van der Waals surface area contributed by atoms with Crippen molar-refractivity contribution in [3.8, 4) is 0 Å². The van der Waals surface area contributed by atoms with Gasteiger partial charge in [-0.1, -0.05) is 41.7 Å². The van der Waals surface area contributed by atoms with Crippen LogP contribution in [0.4, 0.5) is 21.8 Å². The number of sulfonamides is 1. The maximum absolute atomic E-state index is 13.5. The number of aromatic nitrogens is 4. The second kappa shape index (κ2) is 17.3. The minimum atomic E-state index is -4.56. The molecule has 294 valence electrons. The van der Waals surface area contributed by atoms with Crippen molar-refractivity contribution in [2.24, 2.45) is 0 Å². The summed E-state index contributed by atoms with van der Waals surface area (Å²) in [7, 11) is -0.683. The van der Waals surface area contributed by atoms with Gasteiger partial charge in [-0.25, -0.2) is 33.3 Å². The lowest BCUT2D eigenvalue weighted by Crippen LogP contribution is -2.33. The van der Waals surface area contributed by atoms with Crippen molar-refractivity contribution < 1.29 is 28.1 Å². The third-order valence-corrected chi connectivity index (χ3v) is 13.3. The number of fused-ring (bicyclic) bond motifs is 2. The van der Waals surface area contributed by atoms with Crippen LogP contribution >= 0.6 is 34.4 Å². The molecule has 4 N–H and O–H groups in total. The van der Waals surface area contributed by atoms with Crippen LogP contribution in [0.15, 0.2) is 94.4 Å². The first-order valence-corrected chi connectivity index (χ1v) is 21.8. The second-order valence-electron chi connectivity index (χ2n) is 13.3. The van der Waals surface area contributed by atoms with Gasteiger partial charge in [0.1, 0.15) is 16.1 Å². The molecule has 0 fully saturated rings. The Hall–Kier alpha value is -5.54. The number of benzene rings is 2. The van der Waals surface area contributed by atoms with Crippen LogP contribution < -0.4 is 20.3 Å². The maximum Gasteiger partial charge on any atom is 0.359 e. The molecule has 1 aliphatic heterocycles. The average Bonchev–Trinajstić information content (AvgIpc) is 3.86. The Morgan fingerprint density at radius 1 is 1.07 bits per heavy atom. The third kappa shape index (κ3) is 9.54. The highest BCUT2D eigenvalue weighted by Crippen LogP contribution is 2.32. The number of thiazole rings is 2. The van der Waals surface area contributed by atoms with E-state index < -0.39 is 31.4 Å². The molecule has 16 nitrogen and oxygen atoms in total. The molecule has 2 aromatic carbocycles. The van der Waals surface area contributed by atoms with Crippen LogP contribution in [0.2, 0.25) is 0 Å². The highest BCUT2D eigenvalue weighted by Gasteiger charge is 2.30. The number of hydrogen-bond acceptors (Lipinski definition) is 15. The summed E-state index contributed by atoms with van der Waals surface area (Å²) in [5, 5.41) is 18.4. The Balaban J connectivity index is 1.02. The fraction of sp³-hybridized carbons (Fsp3) is 0.243. The van der Waals surface area contributed by atoms with Crippen molar-refractivity contribution in [2.45, 2.75) is 35.2 Å². The summed E-state index contributed by atoms with van der Waals surface area (Å²) < 4.78 is 29.7. The monoisotopic (exact) mass is 845 g/mol. The predicted molar refractivity (Wildman–Crippen MR) is 220 cm³/mol. The number of nitrogens with one attached hydrogen (secondary N) is 3. The predicted octanol–water partition coefficient (Wildman–Crippen LogP) is 5.80. The SMILES string of the molecule is CN(C)CC[C@H](CSc1ccccc1)Nc1ncc(S(=O)(=O)NC(=O)c2csc(N3CCc4cccc(C(=O)Nc5nc6cnccc6s5)c4C3)n2)cc1[N+](=O)O. The summed E-state index contributed by atoms with van der Waals surface area (Å²) in [5.74, 6) is -0.718. The van der Waals surface area contributed by atoms with E-state index in [4.69, 9.17) is 0 Å². The number of amides is 2. The van der Waals surface area contributed by atoms with Gasteiger partial charge in [-0.2, -0.15) is 0 Å². The van der Waals surface area contributed by atoms with E-state index in [0.29, 0.717) is 59.6 Å². The van der Waals surface area contributed by atoms with Crippen molar-refractivity contribution in [3.05, 3.63) is 112 Å². The van der Waals surface area contributed by atoms with Gasteiger partial charge in [0.15, 0.2) is 10.3 Å². The standard InChI is InChI=1S/C37H36N10O6S4/c1-45(2)15-13-24(21-54-25-8-4-3-5-9-25)40-33-31(47(50)51)17-26(18-39-33)57(52,53)44-35(49)30-22-55-37(42-30)46-16-12-23-7-6-10-27(28(23)20-46)34(48)43-36-41-29-19-38-14-11-32(29)56-36/h3-11,14,17-19,22,24H,12-13,15-16,20-21H2,1-2H3,(H3-,39,40,41,43,44,48,49,50,51)/p+1/t24-/m1/s1. The first-order valence-electron chi connectivity index (χ1n) is 17.6. The van der Waals surface area contributed by atoms with Crippen LogP contribution in [-0.2, 0) is 23.0 Å². The van der Waals surface area contributed by atoms with Crippen LogP contribution in [-0.4, -0.2) is 94.2 Å². The summed E-state index contributed by atoms with van der Waals surface area (Å²) in [6.07, 6.45) is 5.59. The zero-order valence-corrected chi connectivity index (χ0v) is 33.9. The molecule has 57 heavy (non-hydrogen) atoms. The Kier molecular flexibility index (Phi) is 12.0. The molecule has 1 aliphatic rings. The van der Waals surface area contributed by atoms with Gasteiger partial charge in [0.25, 0.3) is 26.8 Å². The number of carbonyl (C=O) groups is 2. The molecule has 20 heteroatoms. The fourth-order valence-electron chi connectivity index (χ4n) is 6.06. The molecule has 7 rings (SSSR count). The van der Waals surface area contributed by atoms with Crippen molar-refractivity contribution in [3.63, 3.8) is 0 Å². The molecule has 0 aliphatic carbocycles. The van der Waals surface area contributed by atoms with Crippen molar-refractivity contribution >= 4 is 88.3 Å². The van der Waals surface area contributed by atoms with E-state index in [0.717, 1.165) is 44.3 Å². The van der Waals surface area contributed by atoms with E-state index in [9.17, 15) is 28.1 Å². The lowest BCUT2D eigenvalue weighted by molar-refractivity contribution is -0.729. The molecule has 0 radical (unpaired) electrons. The zero-order chi connectivity index (χ0) is 40.1. The number of rotatable bonds is 15. The summed E-state index contributed by atoms with van der Waals surface area (Å²) in [6, 6.07) is 17.9. The largest absolute Gasteiger partial charge is 0.361 e. The van der Waals surface area contributed by atoms with E-state index in [2.05, 4.69) is 30.6 Å². The van der Waals surface area contributed by atoms with Gasteiger partial charge in [0.2, 0.25) is 5.82 Å².